The van der Waals surface area contributed by atoms with Crippen molar-refractivity contribution < 1.29 is 9.47 Å². The zero-order chi connectivity index (χ0) is 14.5. The van der Waals surface area contributed by atoms with Crippen molar-refractivity contribution in [2.75, 3.05) is 7.11 Å². The van der Waals surface area contributed by atoms with Gasteiger partial charge in [-0.05, 0) is 43.7 Å². The van der Waals surface area contributed by atoms with E-state index in [9.17, 15) is 0 Å². The van der Waals surface area contributed by atoms with Crippen molar-refractivity contribution in [3.63, 3.8) is 0 Å². The summed E-state index contributed by atoms with van der Waals surface area (Å²) in [6, 6.07) is 16.4. The SMILES string of the molecule is COc1ccc(C(C)C(C)Oc2ccc(C)cc2)cc1. The van der Waals surface area contributed by atoms with Crippen LogP contribution in [-0.4, -0.2) is 13.2 Å². The maximum atomic E-state index is 6.01. The fourth-order valence-electron chi connectivity index (χ4n) is 2.11. The molecule has 0 spiro atoms. The molecule has 2 aromatic rings. The van der Waals surface area contributed by atoms with Crippen LogP contribution in [0.1, 0.15) is 30.9 Å². The van der Waals surface area contributed by atoms with Gasteiger partial charge >= 0.3 is 0 Å². The molecule has 0 radical (unpaired) electrons. The van der Waals surface area contributed by atoms with Gasteiger partial charge in [0.05, 0.1) is 7.11 Å². The molecule has 0 bridgehead atoms. The first-order chi connectivity index (χ1) is 9.60. The minimum absolute atomic E-state index is 0.117. The predicted molar refractivity (Wildman–Crippen MR) is 82.7 cm³/mol. The van der Waals surface area contributed by atoms with Gasteiger partial charge in [0.1, 0.15) is 17.6 Å². The molecule has 0 saturated carbocycles. The highest BCUT2D eigenvalue weighted by Crippen LogP contribution is 2.25. The standard InChI is InChI=1S/C18H22O2/c1-13-5-9-18(10-6-13)20-15(3)14(2)16-7-11-17(19-4)12-8-16/h5-12,14-15H,1-4H3. The molecule has 2 aromatic carbocycles. The van der Waals surface area contributed by atoms with Crippen LogP contribution in [0.25, 0.3) is 0 Å². The van der Waals surface area contributed by atoms with Crippen LogP contribution in [0, 0.1) is 6.92 Å². The Morgan fingerprint density at radius 1 is 0.800 bits per heavy atom. The number of benzene rings is 2. The number of hydrogen-bond donors (Lipinski definition) is 0. The summed E-state index contributed by atoms with van der Waals surface area (Å²) in [5, 5.41) is 0. The van der Waals surface area contributed by atoms with Gasteiger partial charge in [0, 0.05) is 5.92 Å². The van der Waals surface area contributed by atoms with E-state index in [1.165, 1.54) is 11.1 Å². The summed E-state index contributed by atoms with van der Waals surface area (Å²) >= 11 is 0. The minimum atomic E-state index is 0.117. The quantitative estimate of drug-likeness (QED) is 0.792. The Kier molecular flexibility index (Phi) is 4.67. The van der Waals surface area contributed by atoms with E-state index in [-0.39, 0.29) is 6.10 Å². The fourth-order valence-corrected chi connectivity index (χ4v) is 2.11. The van der Waals surface area contributed by atoms with Gasteiger partial charge in [-0.3, -0.25) is 0 Å². The van der Waals surface area contributed by atoms with Crippen LogP contribution in [0.15, 0.2) is 48.5 Å². The van der Waals surface area contributed by atoms with Crippen LogP contribution < -0.4 is 9.47 Å². The van der Waals surface area contributed by atoms with E-state index in [0.717, 1.165) is 11.5 Å². The summed E-state index contributed by atoms with van der Waals surface area (Å²) in [7, 11) is 1.68. The summed E-state index contributed by atoms with van der Waals surface area (Å²) in [5.41, 5.74) is 2.50. The number of methoxy groups -OCH3 is 1. The Hall–Kier alpha value is -1.96. The van der Waals surface area contributed by atoms with Crippen molar-refractivity contribution in [3.8, 4) is 11.5 Å². The van der Waals surface area contributed by atoms with Gasteiger partial charge in [-0.1, -0.05) is 36.8 Å². The lowest BCUT2D eigenvalue weighted by molar-refractivity contribution is 0.195. The van der Waals surface area contributed by atoms with Gasteiger partial charge in [-0.15, -0.1) is 0 Å². The van der Waals surface area contributed by atoms with Crippen molar-refractivity contribution in [2.45, 2.75) is 32.8 Å². The molecule has 0 aromatic heterocycles. The number of ether oxygens (including phenoxy) is 2. The smallest absolute Gasteiger partial charge is 0.119 e. The molecule has 106 valence electrons. The maximum Gasteiger partial charge on any atom is 0.119 e. The minimum Gasteiger partial charge on any atom is -0.497 e. The molecule has 0 heterocycles. The van der Waals surface area contributed by atoms with Crippen molar-refractivity contribution in [3.05, 3.63) is 59.7 Å². The molecule has 0 saturated heterocycles. The first kappa shape index (κ1) is 14.4. The van der Waals surface area contributed by atoms with E-state index in [1.807, 2.05) is 24.3 Å². The molecule has 0 aliphatic carbocycles. The maximum absolute atomic E-state index is 6.01. The molecule has 2 unspecified atom stereocenters. The van der Waals surface area contributed by atoms with Gasteiger partial charge in [-0.25, -0.2) is 0 Å². The normalized spacial score (nSPS) is 13.6. The zero-order valence-corrected chi connectivity index (χ0v) is 12.6. The molecule has 0 aliphatic heterocycles. The average molecular weight is 270 g/mol. The highest BCUT2D eigenvalue weighted by Gasteiger charge is 2.16. The lowest BCUT2D eigenvalue weighted by Crippen LogP contribution is -2.19. The molecule has 0 aliphatic rings. The van der Waals surface area contributed by atoms with E-state index in [0.29, 0.717) is 5.92 Å². The third-order valence-electron chi connectivity index (χ3n) is 3.69. The van der Waals surface area contributed by atoms with Crippen molar-refractivity contribution >= 4 is 0 Å². The summed E-state index contributed by atoms with van der Waals surface area (Å²) in [5.74, 6) is 2.12. The Labute approximate surface area is 121 Å². The van der Waals surface area contributed by atoms with Crippen LogP contribution in [0.4, 0.5) is 0 Å². The lowest BCUT2D eigenvalue weighted by Gasteiger charge is -2.22. The van der Waals surface area contributed by atoms with Crippen molar-refractivity contribution in [1.29, 1.82) is 0 Å². The summed E-state index contributed by atoms with van der Waals surface area (Å²) in [4.78, 5) is 0. The van der Waals surface area contributed by atoms with Crippen molar-refractivity contribution in [1.82, 2.24) is 0 Å². The Balaban J connectivity index is 2.03. The van der Waals surface area contributed by atoms with Crippen LogP contribution in [0.5, 0.6) is 11.5 Å². The first-order valence-corrected chi connectivity index (χ1v) is 6.97. The van der Waals surface area contributed by atoms with Crippen LogP contribution in [-0.2, 0) is 0 Å². The second kappa shape index (κ2) is 6.47. The summed E-state index contributed by atoms with van der Waals surface area (Å²) in [6.07, 6.45) is 0.117. The monoisotopic (exact) mass is 270 g/mol. The highest BCUT2D eigenvalue weighted by molar-refractivity contribution is 5.30. The highest BCUT2D eigenvalue weighted by atomic mass is 16.5. The Morgan fingerprint density at radius 3 is 1.90 bits per heavy atom. The summed E-state index contributed by atoms with van der Waals surface area (Å²) < 4.78 is 11.2. The number of rotatable bonds is 5. The second-order valence-electron chi connectivity index (χ2n) is 5.20. The van der Waals surface area contributed by atoms with Crippen LogP contribution in [0.3, 0.4) is 0 Å². The van der Waals surface area contributed by atoms with E-state index in [4.69, 9.17) is 9.47 Å². The molecule has 0 N–H and O–H groups in total. The molecule has 2 rings (SSSR count). The van der Waals surface area contributed by atoms with Gasteiger partial charge in [0.2, 0.25) is 0 Å². The molecule has 0 amide bonds. The topological polar surface area (TPSA) is 18.5 Å². The Morgan fingerprint density at radius 2 is 1.35 bits per heavy atom. The van der Waals surface area contributed by atoms with E-state index >= 15 is 0 Å². The van der Waals surface area contributed by atoms with Gasteiger partial charge in [-0.2, -0.15) is 0 Å². The third kappa shape index (κ3) is 3.53. The molecular weight excluding hydrogens is 248 g/mol. The molecule has 0 fully saturated rings. The van der Waals surface area contributed by atoms with Crippen LogP contribution >= 0.6 is 0 Å². The second-order valence-corrected chi connectivity index (χ2v) is 5.20. The average Bonchev–Trinajstić information content (AvgIpc) is 2.49. The molecular formula is C18H22O2. The lowest BCUT2D eigenvalue weighted by atomic mass is 9.96. The first-order valence-electron chi connectivity index (χ1n) is 6.97. The fraction of sp³-hybridized carbons (Fsp3) is 0.333. The zero-order valence-electron chi connectivity index (χ0n) is 12.6. The van der Waals surface area contributed by atoms with Gasteiger partial charge < -0.3 is 9.47 Å². The number of hydrogen-bond acceptors (Lipinski definition) is 2. The largest absolute Gasteiger partial charge is 0.497 e. The predicted octanol–water partition coefficient (Wildman–Crippen LogP) is 4.57. The molecule has 2 atom stereocenters. The molecule has 2 heteroatoms. The molecule has 2 nitrogen and oxygen atoms in total. The number of aryl methyl sites for hydroxylation is 1. The van der Waals surface area contributed by atoms with Gasteiger partial charge in [0.25, 0.3) is 0 Å². The molecule has 20 heavy (non-hydrogen) atoms. The van der Waals surface area contributed by atoms with E-state index in [1.54, 1.807) is 7.11 Å². The Bertz CT molecular complexity index is 528. The van der Waals surface area contributed by atoms with E-state index in [2.05, 4.69) is 45.0 Å². The van der Waals surface area contributed by atoms with Gasteiger partial charge in [0.15, 0.2) is 0 Å². The van der Waals surface area contributed by atoms with E-state index < -0.39 is 0 Å². The van der Waals surface area contributed by atoms with Crippen LogP contribution in [0.2, 0.25) is 0 Å². The summed E-state index contributed by atoms with van der Waals surface area (Å²) in [6.45, 7) is 6.36. The van der Waals surface area contributed by atoms with Crippen molar-refractivity contribution in [2.24, 2.45) is 0 Å². The third-order valence-corrected chi connectivity index (χ3v) is 3.69.